The predicted octanol–water partition coefficient (Wildman–Crippen LogP) is 3.64. The molecule has 6 nitrogen and oxygen atoms in total. The number of benzene rings is 1. The molecule has 1 aromatic carbocycles. The van der Waals surface area contributed by atoms with Crippen LogP contribution in [-0.4, -0.2) is 21.8 Å². The van der Waals surface area contributed by atoms with E-state index in [-0.39, 0.29) is 23.5 Å². The fourth-order valence-electron chi connectivity index (χ4n) is 2.64. The van der Waals surface area contributed by atoms with Gasteiger partial charge in [0.15, 0.2) is 0 Å². The smallest absolute Gasteiger partial charge is 0.344 e. The van der Waals surface area contributed by atoms with Gasteiger partial charge in [-0.1, -0.05) is 12.1 Å². The van der Waals surface area contributed by atoms with Gasteiger partial charge in [0.1, 0.15) is 5.69 Å². The molecule has 0 radical (unpaired) electrons. The van der Waals surface area contributed by atoms with Crippen LogP contribution < -0.4 is 10.6 Å². The first-order chi connectivity index (χ1) is 13.1. The number of nitrogens with zero attached hydrogens (tertiary/aromatic N) is 2. The van der Waals surface area contributed by atoms with Crippen LogP contribution in [0, 0.1) is 12.8 Å². The molecule has 0 saturated heterocycles. The number of carbonyl (C=O) groups excluding carboxylic acids is 2. The van der Waals surface area contributed by atoms with Crippen LogP contribution in [-0.2, 0) is 11.0 Å². The first-order valence-electron chi connectivity index (χ1n) is 8.78. The van der Waals surface area contributed by atoms with Gasteiger partial charge in [-0.3, -0.25) is 14.9 Å². The third-order valence-corrected chi connectivity index (χ3v) is 4.33. The molecule has 1 atom stereocenters. The number of aryl methyl sites for hydroxylation is 1. The number of hydrogen-bond acceptors (Lipinski definition) is 4. The minimum absolute atomic E-state index is 0.0254. The first-order valence-corrected chi connectivity index (χ1v) is 8.78. The summed E-state index contributed by atoms with van der Waals surface area (Å²) in [4.78, 5) is 32.5. The van der Waals surface area contributed by atoms with Gasteiger partial charge >= 0.3 is 6.18 Å². The van der Waals surface area contributed by atoms with Crippen LogP contribution >= 0.6 is 0 Å². The lowest BCUT2D eigenvalue weighted by Crippen LogP contribution is -2.28. The number of nitrogens with one attached hydrogen (secondary N) is 2. The minimum Gasteiger partial charge on any atom is -0.344 e. The lowest BCUT2D eigenvalue weighted by atomic mass is 10.0. The summed E-state index contributed by atoms with van der Waals surface area (Å²) in [7, 11) is 0. The molecule has 1 fully saturated rings. The van der Waals surface area contributed by atoms with Crippen LogP contribution in [0.2, 0.25) is 0 Å². The van der Waals surface area contributed by atoms with Gasteiger partial charge in [0, 0.05) is 11.6 Å². The molecule has 1 aliphatic carbocycles. The van der Waals surface area contributed by atoms with E-state index in [1.54, 1.807) is 13.8 Å². The molecule has 0 spiro atoms. The van der Waals surface area contributed by atoms with Crippen LogP contribution in [0.1, 0.15) is 53.1 Å². The fraction of sp³-hybridized carbons (Fsp3) is 0.368. The van der Waals surface area contributed by atoms with Crippen LogP contribution in [0.5, 0.6) is 0 Å². The second kappa shape index (κ2) is 7.57. The Hall–Kier alpha value is -2.97. The zero-order chi connectivity index (χ0) is 20.5. The third-order valence-electron chi connectivity index (χ3n) is 4.33. The molecule has 1 saturated carbocycles. The van der Waals surface area contributed by atoms with Gasteiger partial charge in [-0.2, -0.15) is 13.2 Å². The Morgan fingerprint density at radius 3 is 2.54 bits per heavy atom. The highest BCUT2D eigenvalue weighted by Gasteiger charge is 2.31. The van der Waals surface area contributed by atoms with Crippen LogP contribution in [0.3, 0.4) is 0 Å². The Morgan fingerprint density at radius 1 is 1.18 bits per heavy atom. The summed E-state index contributed by atoms with van der Waals surface area (Å²) in [5.74, 6) is -0.761. The zero-order valence-corrected chi connectivity index (χ0v) is 15.3. The fourth-order valence-corrected chi connectivity index (χ4v) is 2.64. The maximum Gasteiger partial charge on any atom is 0.416 e. The number of alkyl halides is 3. The van der Waals surface area contributed by atoms with Gasteiger partial charge in [0.2, 0.25) is 11.9 Å². The molecule has 1 aromatic heterocycles. The quantitative estimate of drug-likeness (QED) is 0.814. The summed E-state index contributed by atoms with van der Waals surface area (Å²) in [6.07, 6.45) is -2.82. The number of amides is 2. The first kappa shape index (κ1) is 19.8. The lowest BCUT2D eigenvalue weighted by molar-refractivity contribution is -0.137. The van der Waals surface area contributed by atoms with E-state index in [1.807, 2.05) is 0 Å². The van der Waals surface area contributed by atoms with E-state index in [2.05, 4.69) is 20.6 Å². The number of hydrogen-bond donors (Lipinski definition) is 2. The topological polar surface area (TPSA) is 84.0 Å². The summed E-state index contributed by atoms with van der Waals surface area (Å²) >= 11 is 0. The molecule has 2 aromatic rings. The number of halogens is 3. The van der Waals surface area contributed by atoms with Crippen molar-refractivity contribution in [3.8, 4) is 0 Å². The summed E-state index contributed by atoms with van der Waals surface area (Å²) in [5, 5.41) is 5.21. The van der Waals surface area contributed by atoms with Crippen molar-refractivity contribution in [2.24, 2.45) is 5.92 Å². The molecule has 3 rings (SSSR count). The van der Waals surface area contributed by atoms with Crippen molar-refractivity contribution in [1.82, 2.24) is 15.3 Å². The molecular formula is C19H19F3N4O2. The SMILES string of the molecule is Cc1cc(C(=O)NC(C)c2cccc(C(F)(F)F)c2)nc(NC(=O)C2CC2)n1. The maximum absolute atomic E-state index is 12.9. The van der Waals surface area contributed by atoms with Gasteiger partial charge in [0.05, 0.1) is 11.6 Å². The predicted molar refractivity (Wildman–Crippen MR) is 95.4 cm³/mol. The third kappa shape index (κ3) is 4.85. The van der Waals surface area contributed by atoms with E-state index in [4.69, 9.17) is 0 Å². The summed E-state index contributed by atoms with van der Waals surface area (Å²) in [6, 6.07) is 5.54. The van der Waals surface area contributed by atoms with E-state index in [0.29, 0.717) is 11.3 Å². The molecule has 28 heavy (non-hydrogen) atoms. The Labute approximate surface area is 159 Å². The minimum atomic E-state index is -4.46. The van der Waals surface area contributed by atoms with Gasteiger partial charge in [-0.05, 0) is 50.5 Å². The highest BCUT2D eigenvalue weighted by molar-refractivity contribution is 5.95. The number of carbonyl (C=O) groups is 2. The average molecular weight is 392 g/mol. The standard InChI is InChI=1S/C19H19F3N4O2/c1-10-8-15(25-18(23-10)26-16(27)12-6-7-12)17(28)24-11(2)13-4-3-5-14(9-13)19(20,21)22/h3-5,8-9,11-12H,6-7H2,1-2H3,(H,24,28)(H,23,25,26,27). The van der Waals surface area contributed by atoms with Crippen LogP contribution in [0.4, 0.5) is 19.1 Å². The monoisotopic (exact) mass is 392 g/mol. The van der Waals surface area contributed by atoms with E-state index in [0.717, 1.165) is 25.0 Å². The lowest BCUT2D eigenvalue weighted by Gasteiger charge is -2.16. The van der Waals surface area contributed by atoms with E-state index in [1.165, 1.54) is 18.2 Å². The zero-order valence-electron chi connectivity index (χ0n) is 15.3. The number of anilines is 1. The van der Waals surface area contributed by atoms with Crippen LogP contribution in [0.15, 0.2) is 30.3 Å². The van der Waals surface area contributed by atoms with Crippen molar-refractivity contribution < 1.29 is 22.8 Å². The second-order valence-corrected chi connectivity index (χ2v) is 6.80. The van der Waals surface area contributed by atoms with Gasteiger partial charge in [-0.25, -0.2) is 9.97 Å². The van der Waals surface area contributed by atoms with Gasteiger partial charge in [-0.15, -0.1) is 0 Å². The van der Waals surface area contributed by atoms with Crippen molar-refractivity contribution in [3.63, 3.8) is 0 Å². The number of rotatable bonds is 5. The van der Waals surface area contributed by atoms with E-state index in [9.17, 15) is 22.8 Å². The van der Waals surface area contributed by atoms with E-state index < -0.39 is 23.7 Å². The summed E-state index contributed by atoms with van der Waals surface area (Å²) in [6.45, 7) is 3.23. The molecule has 9 heteroatoms. The van der Waals surface area contributed by atoms with E-state index >= 15 is 0 Å². The molecule has 2 amide bonds. The van der Waals surface area contributed by atoms with Gasteiger partial charge in [0.25, 0.3) is 5.91 Å². The molecular weight excluding hydrogens is 373 g/mol. The highest BCUT2D eigenvalue weighted by atomic mass is 19.4. The Kier molecular flexibility index (Phi) is 5.35. The average Bonchev–Trinajstić information content (AvgIpc) is 3.45. The largest absolute Gasteiger partial charge is 0.416 e. The maximum atomic E-state index is 12.9. The summed E-state index contributed by atoms with van der Waals surface area (Å²) < 4.78 is 38.6. The molecule has 2 N–H and O–H groups in total. The Bertz CT molecular complexity index is 910. The number of aromatic nitrogens is 2. The normalized spacial score (nSPS) is 15.0. The molecule has 148 valence electrons. The van der Waals surface area contributed by atoms with Crippen molar-refractivity contribution >= 4 is 17.8 Å². The van der Waals surface area contributed by atoms with Crippen LogP contribution in [0.25, 0.3) is 0 Å². The molecule has 1 unspecified atom stereocenters. The molecule has 0 bridgehead atoms. The molecule has 1 aliphatic rings. The van der Waals surface area contributed by atoms with Crippen molar-refractivity contribution in [2.75, 3.05) is 5.32 Å². The summed E-state index contributed by atoms with van der Waals surface area (Å²) in [5.41, 5.74) is 0.0423. The van der Waals surface area contributed by atoms with Crippen molar-refractivity contribution in [2.45, 2.75) is 38.9 Å². The van der Waals surface area contributed by atoms with Crippen molar-refractivity contribution in [1.29, 1.82) is 0 Å². The van der Waals surface area contributed by atoms with Gasteiger partial charge < -0.3 is 5.32 Å². The Morgan fingerprint density at radius 2 is 1.89 bits per heavy atom. The Balaban J connectivity index is 1.73. The highest BCUT2D eigenvalue weighted by Crippen LogP contribution is 2.31. The van der Waals surface area contributed by atoms with Crippen molar-refractivity contribution in [3.05, 3.63) is 52.8 Å². The second-order valence-electron chi connectivity index (χ2n) is 6.80. The molecule has 0 aliphatic heterocycles. The molecule has 1 heterocycles.